The van der Waals surface area contributed by atoms with Gasteiger partial charge in [0, 0.05) is 0 Å². The SMILES string of the molecule is COc1ccc(C(F)(F)F)c(C)c1C(F)(F)F. The first kappa shape index (κ1) is 13.7. The maximum absolute atomic E-state index is 12.6. The van der Waals surface area contributed by atoms with Gasteiger partial charge in [0.25, 0.3) is 0 Å². The first-order valence-corrected chi connectivity index (χ1v) is 4.41. The fourth-order valence-electron chi connectivity index (χ4n) is 1.52. The van der Waals surface area contributed by atoms with E-state index in [1.807, 2.05) is 0 Å². The number of methoxy groups -OCH3 is 1. The molecule has 0 unspecified atom stereocenters. The number of benzene rings is 1. The first-order valence-electron chi connectivity index (χ1n) is 4.41. The van der Waals surface area contributed by atoms with Gasteiger partial charge < -0.3 is 4.74 Å². The summed E-state index contributed by atoms with van der Waals surface area (Å²) >= 11 is 0. The zero-order valence-electron chi connectivity index (χ0n) is 8.83. The number of rotatable bonds is 1. The van der Waals surface area contributed by atoms with Crippen LogP contribution >= 0.6 is 0 Å². The van der Waals surface area contributed by atoms with Gasteiger partial charge in [0.15, 0.2) is 0 Å². The fraction of sp³-hybridized carbons (Fsp3) is 0.400. The van der Waals surface area contributed by atoms with Crippen molar-refractivity contribution in [2.75, 3.05) is 7.11 Å². The largest absolute Gasteiger partial charge is 0.496 e. The van der Waals surface area contributed by atoms with Crippen LogP contribution in [0.2, 0.25) is 0 Å². The fourth-order valence-corrected chi connectivity index (χ4v) is 1.52. The summed E-state index contributed by atoms with van der Waals surface area (Å²) in [5.41, 5.74) is -3.59. The Morgan fingerprint density at radius 1 is 0.941 bits per heavy atom. The van der Waals surface area contributed by atoms with Crippen molar-refractivity contribution in [2.24, 2.45) is 0 Å². The van der Waals surface area contributed by atoms with Crippen LogP contribution in [0.25, 0.3) is 0 Å². The predicted molar refractivity (Wildman–Crippen MR) is 47.7 cm³/mol. The zero-order chi connectivity index (χ0) is 13.4. The Kier molecular flexibility index (Phi) is 3.31. The van der Waals surface area contributed by atoms with Gasteiger partial charge in [-0.15, -0.1) is 0 Å². The maximum atomic E-state index is 12.6. The van der Waals surface area contributed by atoms with Crippen molar-refractivity contribution in [3.8, 4) is 5.75 Å². The van der Waals surface area contributed by atoms with E-state index in [2.05, 4.69) is 4.74 Å². The van der Waals surface area contributed by atoms with Crippen LogP contribution in [0.3, 0.4) is 0 Å². The number of hydrogen-bond donors (Lipinski definition) is 0. The highest BCUT2D eigenvalue weighted by atomic mass is 19.4. The Labute approximate surface area is 93.0 Å². The van der Waals surface area contributed by atoms with E-state index < -0.39 is 34.8 Å². The average Bonchev–Trinajstić information content (AvgIpc) is 2.12. The summed E-state index contributed by atoms with van der Waals surface area (Å²) in [4.78, 5) is 0. The van der Waals surface area contributed by atoms with Gasteiger partial charge in [-0.1, -0.05) is 0 Å². The first-order chi connectivity index (χ1) is 7.59. The van der Waals surface area contributed by atoms with Crippen LogP contribution in [0, 0.1) is 6.92 Å². The third kappa shape index (κ3) is 2.65. The number of alkyl halides is 6. The van der Waals surface area contributed by atoms with Gasteiger partial charge >= 0.3 is 12.4 Å². The molecule has 0 aromatic heterocycles. The summed E-state index contributed by atoms with van der Waals surface area (Å²) in [5.74, 6) is -0.622. The van der Waals surface area contributed by atoms with Crippen molar-refractivity contribution < 1.29 is 31.1 Å². The minimum atomic E-state index is -4.89. The molecular weight excluding hydrogens is 250 g/mol. The van der Waals surface area contributed by atoms with Crippen molar-refractivity contribution >= 4 is 0 Å². The van der Waals surface area contributed by atoms with Crippen LogP contribution in [0.15, 0.2) is 12.1 Å². The molecule has 0 radical (unpaired) electrons. The topological polar surface area (TPSA) is 9.23 Å². The maximum Gasteiger partial charge on any atom is 0.420 e. The summed E-state index contributed by atoms with van der Waals surface area (Å²) in [5, 5.41) is 0. The van der Waals surface area contributed by atoms with Gasteiger partial charge in [0.05, 0.1) is 12.7 Å². The van der Waals surface area contributed by atoms with Crippen LogP contribution in [0.5, 0.6) is 5.75 Å². The second-order valence-electron chi connectivity index (χ2n) is 3.31. The molecule has 0 bridgehead atoms. The van der Waals surface area contributed by atoms with Crippen LogP contribution in [-0.4, -0.2) is 7.11 Å². The van der Waals surface area contributed by atoms with Gasteiger partial charge in [-0.05, 0) is 24.6 Å². The third-order valence-electron chi connectivity index (χ3n) is 2.24. The van der Waals surface area contributed by atoms with Gasteiger partial charge in [0.1, 0.15) is 11.3 Å². The minimum Gasteiger partial charge on any atom is -0.496 e. The van der Waals surface area contributed by atoms with E-state index in [1.54, 1.807) is 0 Å². The molecule has 1 aromatic carbocycles. The highest BCUT2D eigenvalue weighted by Crippen LogP contribution is 2.43. The molecule has 0 saturated carbocycles. The molecule has 0 aliphatic carbocycles. The van der Waals surface area contributed by atoms with E-state index >= 15 is 0 Å². The molecule has 17 heavy (non-hydrogen) atoms. The third-order valence-corrected chi connectivity index (χ3v) is 2.24. The number of halogens is 6. The normalized spacial score (nSPS) is 12.7. The molecule has 0 spiro atoms. The molecule has 0 aliphatic heterocycles. The van der Waals surface area contributed by atoms with E-state index in [9.17, 15) is 26.3 Å². The van der Waals surface area contributed by atoms with Crippen LogP contribution in [-0.2, 0) is 12.4 Å². The molecule has 0 heterocycles. The zero-order valence-corrected chi connectivity index (χ0v) is 8.83. The lowest BCUT2D eigenvalue weighted by Crippen LogP contribution is -2.15. The van der Waals surface area contributed by atoms with E-state index in [1.165, 1.54) is 0 Å². The Hall–Kier alpha value is -1.40. The van der Waals surface area contributed by atoms with E-state index in [0.717, 1.165) is 14.0 Å². The van der Waals surface area contributed by atoms with E-state index in [4.69, 9.17) is 0 Å². The summed E-state index contributed by atoms with van der Waals surface area (Å²) in [7, 11) is 0.970. The quantitative estimate of drug-likeness (QED) is 0.691. The number of hydrogen-bond acceptors (Lipinski definition) is 1. The summed E-state index contributed by atoms with van der Waals surface area (Å²) in [6, 6.07) is 1.24. The lowest BCUT2D eigenvalue weighted by atomic mass is 10.0. The summed E-state index contributed by atoms with van der Waals surface area (Å²) in [6.07, 6.45) is -9.72. The Bertz CT molecular complexity index is 418. The molecule has 0 aliphatic rings. The lowest BCUT2D eigenvalue weighted by Gasteiger charge is -2.18. The molecule has 1 aromatic rings. The molecule has 7 heteroatoms. The van der Waals surface area contributed by atoms with Crippen LogP contribution in [0.4, 0.5) is 26.3 Å². The molecule has 1 rings (SSSR count). The standard InChI is InChI=1S/C10H8F6O/c1-5-6(9(11,12)13)3-4-7(17-2)8(5)10(14,15)16/h3-4H,1-2H3. The molecule has 0 fully saturated rings. The van der Waals surface area contributed by atoms with E-state index in [0.29, 0.717) is 12.1 Å². The van der Waals surface area contributed by atoms with Crippen molar-refractivity contribution in [3.63, 3.8) is 0 Å². The van der Waals surface area contributed by atoms with Crippen molar-refractivity contribution in [3.05, 3.63) is 28.8 Å². The average molecular weight is 258 g/mol. The van der Waals surface area contributed by atoms with Crippen molar-refractivity contribution in [1.82, 2.24) is 0 Å². The lowest BCUT2D eigenvalue weighted by molar-refractivity contribution is -0.144. The molecule has 0 saturated heterocycles. The van der Waals surface area contributed by atoms with Crippen molar-refractivity contribution in [2.45, 2.75) is 19.3 Å². The van der Waals surface area contributed by atoms with Gasteiger partial charge in [-0.3, -0.25) is 0 Å². The Morgan fingerprint density at radius 2 is 1.47 bits per heavy atom. The molecule has 96 valence electrons. The number of ether oxygens (including phenoxy) is 1. The molecule has 0 N–H and O–H groups in total. The highest BCUT2D eigenvalue weighted by molar-refractivity contribution is 5.47. The monoisotopic (exact) mass is 258 g/mol. The molecule has 0 atom stereocenters. The second-order valence-corrected chi connectivity index (χ2v) is 3.31. The van der Waals surface area contributed by atoms with Crippen LogP contribution < -0.4 is 4.74 Å². The highest BCUT2D eigenvalue weighted by Gasteiger charge is 2.41. The van der Waals surface area contributed by atoms with Gasteiger partial charge in [0.2, 0.25) is 0 Å². The summed E-state index contributed by atoms with van der Waals surface area (Å²) in [6.45, 7) is 0.772. The van der Waals surface area contributed by atoms with Crippen LogP contribution in [0.1, 0.15) is 16.7 Å². The Balaban J connectivity index is 3.55. The second kappa shape index (κ2) is 4.12. The van der Waals surface area contributed by atoms with Gasteiger partial charge in [-0.2, -0.15) is 26.3 Å². The molecule has 0 amide bonds. The predicted octanol–water partition coefficient (Wildman–Crippen LogP) is 4.04. The van der Waals surface area contributed by atoms with E-state index in [-0.39, 0.29) is 0 Å². The summed E-state index contributed by atoms with van der Waals surface area (Å²) < 4.78 is 79.6. The van der Waals surface area contributed by atoms with Gasteiger partial charge in [-0.25, -0.2) is 0 Å². The minimum absolute atomic E-state index is 0.573. The Morgan fingerprint density at radius 3 is 1.82 bits per heavy atom. The smallest absolute Gasteiger partial charge is 0.420 e. The molecular formula is C10H8F6O. The van der Waals surface area contributed by atoms with Crippen molar-refractivity contribution in [1.29, 1.82) is 0 Å². The molecule has 1 nitrogen and oxygen atoms in total.